The molecule has 1 atom stereocenters. The number of rotatable bonds is 4. The van der Waals surface area contributed by atoms with Crippen molar-refractivity contribution in [1.29, 1.82) is 0 Å². The van der Waals surface area contributed by atoms with E-state index in [-0.39, 0.29) is 43.0 Å². The van der Waals surface area contributed by atoms with Crippen LogP contribution < -0.4 is 10.1 Å². The van der Waals surface area contributed by atoms with Gasteiger partial charge in [0.25, 0.3) is 0 Å². The number of para-hydroxylation sites is 1. The third-order valence-electron chi connectivity index (χ3n) is 5.48. The Morgan fingerprint density at radius 3 is 2.53 bits per heavy atom. The Bertz CT molecular complexity index is 1020. The highest BCUT2D eigenvalue weighted by molar-refractivity contribution is 7.89. The van der Waals surface area contributed by atoms with E-state index in [0.717, 1.165) is 23.8 Å². The van der Waals surface area contributed by atoms with Crippen molar-refractivity contribution in [2.75, 3.05) is 39.3 Å². The second-order valence-electron chi connectivity index (χ2n) is 7.50. The van der Waals surface area contributed by atoms with Crippen LogP contribution >= 0.6 is 0 Å². The molecule has 1 saturated heterocycles. The Balaban J connectivity index is 1.28. The van der Waals surface area contributed by atoms with Crippen LogP contribution in [0.25, 0.3) is 0 Å². The molecule has 1 unspecified atom stereocenters. The molecule has 1 N–H and O–H groups in total. The number of halogens is 1. The number of piperazine rings is 1. The second-order valence-corrected chi connectivity index (χ2v) is 9.40. The number of ether oxygens (including phenoxy) is 1. The highest BCUT2D eigenvalue weighted by atomic mass is 32.2. The summed E-state index contributed by atoms with van der Waals surface area (Å²) in [5, 5.41) is 2.93. The van der Waals surface area contributed by atoms with Crippen LogP contribution in [0, 0.1) is 11.7 Å². The first-order valence-electron chi connectivity index (χ1n) is 9.93. The third-order valence-corrected chi connectivity index (χ3v) is 7.41. The van der Waals surface area contributed by atoms with Gasteiger partial charge < -0.3 is 15.0 Å². The minimum absolute atomic E-state index is 0.129. The summed E-state index contributed by atoms with van der Waals surface area (Å²) in [6, 6.07) is 13.0. The topological polar surface area (TPSA) is 79.0 Å². The van der Waals surface area contributed by atoms with Crippen molar-refractivity contribution in [2.45, 2.75) is 11.3 Å². The lowest BCUT2D eigenvalue weighted by atomic mass is 9.97. The van der Waals surface area contributed by atoms with Gasteiger partial charge in [0.05, 0.1) is 6.61 Å². The summed E-state index contributed by atoms with van der Waals surface area (Å²) in [6.07, 6.45) is 0.838. The fraction of sp³-hybridized carbons (Fsp3) is 0.381. The van der Waals surface area contributed by atoms with E-state index in [4.69, 9.17) is 4.74 Å². The van der Waals surface area contributed by atoms with Gasteiger partial charge in [-0.25, -0.2) is 17.6 Å². The average molecular weight is 434 g/mol. The zero-order valence-electron chi connectivity index (χ0n) is 16.5. The number of sulfonamides is 1. The van der Waals surface area contributed by atoms with Crippen LogP contribution in [0.3, 0.4) is 0 Å². The van der Waals surface area contributed by atoms with E-state index in [0.29, 0.717) is 13.2 Å². The maximum Gasteiger partial charge on any atom is 0.317 e. The van der Waals surface area contributed by atoms with Crippen molar-refractivity contribution in [3.05, 3.63) is 59.9 Å². The van der Waals surface area contributed by atoms with Crippen molar-refractivity contribution in [1.82, 2.24) is 14.5 Å². The van der Waals surface area contributed by atoms with Gasteiger partial charge in [-0.3, -0.25) is 0 Å². The summed E-state index contributed by atoms with van der Waals surface area (Å²) in [7, 11) is -3.92. The quantitative estimate of drug-likeness (QED) is 0.801. The van der Waals surface area contributed by atoms with E-state index in [1.54, 1.807) is 4.90 Å². The van der Waals surface area contributed by atoms with E-state index in [9.17, 15) is 17.6 Å². The van der Waals surface area contributed by atoms with Crippen LogP contribution in [0.1, 0.15) is 5.56 Å². The number of nitrogens with zero attached hydrogens (tertiary/aromatic N) is 2. The molecule has 2 amide bonds. The standard InChI is InChI=1S/C21H24FN3O4S/c22-18-6-2-4-8-20(18)30(27,28)25-11-9-24(10-12-25)21(26)23-14-16-13-17-5-1-3-7-19(17)29-15-16/h1-8,16H,9-15H2,(H,23,26). The lowest BCUT2D eigenvalue weighted by Gasteiger charge is -2.34. The molecule has 2 aliphatic heterocycles. The lowest BCUT2D eigenvalue weighted by Crippen LogP contribution is -2.53. The molecule has 4 rings (SSSR count). The van der Waals surface area contributed by atoms with Crippen LogP contribution in [-0.2, 0) is 16.4 Å². The largest absolute Gasteiger partial charge is 0.493 e. The molecule has 2 aromatic rings. The van der Waals surface area contributed by atoms with Gasteiger partial charge in [0.2, 0.25) is 10.0 Å². The Labute approximate surface area is 175 Å². The number of carbonyl (C=O) groups excluding carboxylic acids is 1. The number of amides is 2. The minimum atomic E-state index is -3.92. The Morgan fingerprint density at radius 1 is 1.07 bits per heavy atom. The molecule has 30 heavy (non-hydrogen) atoms. The third kappa shape index (κ3) is 4.27. The van der Waals surface area contributed by atoms with E-state index < -0.39 is 15.8 Å². The minimum Gasteiger partial charge on any atom is -0.493 e. The summed E-state index contributed by atoms with van der Waals surface area (Å²) < 4.78 is 46.2. The van der Waals surface area contributed by atoms with Gasteiger partial charge in [0, 0.05) is 38.6 Å². The Morgan fingerprint density at radius 2 is 1.77 bits per heavy atom. The molecule has 7 nitrogen and oxygen atoms in total. The van der Waals surface area contributed by atoms with E-state index >= 15 is 0 Å². The van der Waals surface area contributed by atoms with Crippen LogP contribution in [0.5, 0.6) is 5.75 Å². The SMILES string of the molecule is O=C(NCC1COc2ccccc2C1)N1CCN(S(=O)(=O)c2ccccc2F)CC1. The maximum atomic E-state index is 13.9. The lowest BCUT2D eigenvalue weighted by molar-refractivity contribution is 0.166. The molecular weight excluding hydrogens is 409 g/mol. The van der Waals surface area contributed by atoms with E-state index in [1.807, 2.05) is 24.3 Å². The van der Waals surface area contributed by atoms with Crippen LogP contribution in [0.2, 0.25) is 0 Å². The first-order valence-corrected chi connectivity index (χ1v) is 11.4. The monoisotopic (exact) mass is 433 g/mol. The van der Waals surface area contributed by atoms with Crippen molar-refractivity contribution in [3.63, 3.8) is 0 Å². The smallest absolute Gasteiger partial charge is 0.317 e. The maximum absolute atomic E-state index is 13.9. The zero-order valence-corrected chi connectivity index (χ0v) is 17.3. The predicted octanol–water partition coefficient (Wildman–Crippen LogP) is 2.09. The molecule has 0 bridgehead atoms. The normalized spacial score (nSPS) is 19.6. The molecule has 2 aliphatic rings. The molecule has 0 radical (unpaired) electrons. The van der Waals surface area contributed by atoms with E-state index in [1.165, 1.54) is 22.5 Å². The summed E-state index contributed by atoms with van der Waals surface area (Å²) in [6.45, 7) is 1.80. The van der Waals surface area contributed by atoms with Crippen molar-refractivity contribution >= 4 is 16.1 Å². The fourth-order valence-electron chi connectivity index (χ4n) is 3.79. The first kappa shape index (κ1) is 20.6. The summed E-state index contributed by atoms with van der Waals surface area (Å²) in [4.78, 5) is 13.8. The second kappa shape index (κ2) is 8.61. The zero-order chi connectivity index (χ0) is 21.1. The average Bonchev–Trinajstić information content (AvgIpc) is 2.77. The number of benzene rings is 2. The predicted molar refractivity (Wildman–Crippen MR) is 109 cm³/mol. The molecular formula is C21H24FN3O4S. The molecule has 0 aliphatic carbocycles. The number of fused-ring (bicyclic) bond motifs is 1. The van der Waals surface area contributed by atoms with Crippen LogP contribution in [0.15, 0.2) is 53.4 Å². The van der Waals surface area contributed by atoms with E-state index in [2.05, 4.69) is 5.32 Å². The summed E-state index contributed by atoms with van der Waals surface area (Å²) in [5.74, 6) is 0.313. The fourth-order valence-corrected chi connectivity index (χ4v) is 5.28. The number of hydrogen-bond donors (Lipinski definition) is 1. The molecule has 2 heterocycles. The molecule has 1 fully saturated rings. The van der Waals surface area contributed by atoms with Gasteiger partial charge in [0.15, 0.2) is 0 Å². The van der Waals surface area contributed by atoms with Gasteiger partial charge in [-0.2, -0.15) is 4.31 Å². The van der Waals surface area contributed by atoms with Gasteiger partial charge >= 0.3 is 6.03 Å². The van der Waals surface area contributed by atoms with Crippen molar-refractivity contribution in [3.8, 4) is 5.75 Å². The van der Waals surface area contributed by atoms with Crippen LogP contribution in [-0.4, -0.2) is 63.0 Å². The molecule has 0 saturated carbocycles. The highest BCUT2D eigenvalue weighted by Crippen LogP contribution is 2.26. The Hall–Kier alpha value is -2.65. The number of nitrogens with one attached hydrogen (secondary N) is 1. The summed E-state index contributed by atoms with van der Waals surface area (Å²) in [5.41, 5.74) is 1.13. The van der Waals surface area contributed by atoms with Crippen molar-refractivity contribution < 1.29 is 22.3 Å². The Kier molecular flexibility index (Phi) is 5.92. The van der Waals surface area contributed by atoms with Crippen molar-refractivity contribution in [2.24, 2.45) is 5.92 Å². The van der Waals surface area contributed by atoms with Gasteiger partial charge in [-0.1, -0.05) is 30.3 Å². The number of hydrogen-bond acceptors (Lipinski definition) is 4. The molecule has 2 aromatic carbocycles. The molecule has 9 heteroatoms. The van der Waals surface area contributed by atoms with Gasteiger partial charge in [-0.15, -0.1) is 0 Å². The number of urea groups is 1. The van der Waals surface area contributed by atoms with Gasteiger partial charge in [-0.05, 0) is 30.2 Å². The first-order chi connectivity index (χ1) is 14.4. The molecule has 0 spiro atoms. The van der Waals surface area contributed by atoms with Gasteiger partial charge in [0.1, 0.15) is 16.5 Å². The van der Waals surface area contributed by atoms with Crippen LogP contribution in [0.4, 0.5) is 9.18 Å². The molecule has 0 aromatic heterocycles. The number of carbonyl (C=O) groups is 1. The highest BCUT2D eigenvalue weighted by Gasteiger charge is 2.32. The summed E-state index contributed by atoms with van der Waals surface area (Å²) >= 11 is 0. The molecule has 160 valence electrons.